The Labute approximate surface area is 105 Å². The molecule has 1 saturated heterocycles. The molecule has 2 amide bonds. The monoisotopic (exact) mass is 241 g/mol. The highest BCUT2D eigenvalue weighted by Gasteiger charge is 2.15. The predicted molar refractivity (Wildman–Crippen MR) is 71.2 cm³/mol. The lowest BCUT2D eigenvalue weighted by Gasteiger charge is -2.30. The molecule has 1 rings (SSSR count). The zero-order valence-corrected chi connectivity index (χ0v) is 11.5. The average molecular weight is 241 g/mol. The first-order chi connectivity index (χ1) is 8.17. The topological polar surface area (TPSA) is 35.6 Å². The molecule has 0 aromatic carbocycles. The first-order valence-corrected chi connectivity index (χ1v) is 6.92. The van der Waals surface area contributed by atoms with Gasteiger partial charge in [0.25, 0.3) is 0 Å². The molecule has 0 bridgehead atoms. The number of likely N-dealkylation sites (tertiary alicyclic amines) is 1. The van der Waals surface area contributed by atoms with E-state index >= 15 is 0 Å². The third kappa shape index (κ3) is 4.94. The molecule has 4 heteroatoms. The molecule has 1 N–H and O–H groups in total. The minimum atomic E-state index is 0.0698. The minimum absolute atomic E-state index is 0.0698. The molecular weight excluding hydrogens is 214 g/mol. The number of piperidine rings is 1. The van der Waals surface area contributed by atoms with E-state index in [-0.39, 0.29) is 6.03 Å². The largest absolute Gasteiger partial charge is 0.337 e. The SMILES string of the molecule is CCN(CC)C(=O)NCCN1CCC(C)CC1. The molecule has 0 unspecified atom stereocenters. The van der Waals surface area contributed by atoms with Gasteiger partial charge in [-0.3, -0.25) is 0 Å². The molecule has 0 aromatic rings. The van der Waals surface area contributed by atoms with E-state index in [0.29, 0.717) is 0 Å². The Balaban J connectivity index is 2.13. The number of nitrogens with zero attached hydrogens (tertiary/aromatic N) is 2. The van der Waals surface area contributed by atoms with Gasteiger partial charge in [-0.05, 0) is 45.7 Å². The van der Waals surface area contributed by atoms with Crippen molar-refractivity contribution in [1.82, 2.24) is 15.1 Å². The molecule has 1 fully saturated rings. The summed E-state index contributed by atoms with van der Waals surface area (Å²) in [6, 6.07) is 0.0698. The number of rotatable bonds is 5. The van der Waals surface area contributed by atoms with Crippen LogP contribution in [-0.2, 0) is 0 Å². The summed E-state index contributed by atoms with van der Waals surface area (Å²) >= 11 is 0. The summed E-state index contributed by atoms with van der Waals surface area (Å²) in [5.74, 6) is 0.872. The quantitative estimate of drug-likeness (QED) is 0.796. The Kier molecular flexibility index (Phi) is 6.34. The van der Waals surface area contributed by atoms with Crippen molar-refractivity contribution in [3.63, 3.8) is 0 Å². The van der Waals surface area contributed by atoms with Crippen LogP contribution < -0.4 is 5.32 Å². The number of urea groups is 1. The Morgan fingerprint density at radius 3 is 2.41 bits per heavy atom. The van der Waals surface area contributed by atoms with Gasteiger partial charge in [0, 0.05) is 26.2 Å². The molecule has 0 spiro atoms. The minimum Gasteiger partial charge on any atom is -0.337 e. The van der Waals surface area contributed by atoms with Crippen LogP contribution in [0.25, 0.3) is 0 Å². The van der Waals surface area contributed by atoms with Crippen molar-refractivity contribution in [2.24, 2.45) is 5.92 Å². The molecule has 0 atom stereocenters. The maximum Gasteiger partial charge on any atom is 0.317 e. The highest BCUT2D eigenvalue weighted by molar-refractivity contribution is 5.74. The highest BCUT2D eigenvalue weighted by atomic mass is 16.2. The van der Waals surface area contributed by atoms with Gasteiger partial charge < -0.3 is 15.1 Å². The second-order valence-corrected chi connectivity index (χ2v) is 4.93. The van der Waals surface area contributed by atoms with Crippen LogP contribution in [0.5, 0.6) is 0 Å². The molecule has 0 aromatic heterocycles. The summed E-state index contributed by atoms with van der Waals surface area (Å²) in [5, 5.41) is 2.99. The second-order valence-electron chi connectivity index (χ2n) is 4.93. The van der Waals surface area contributed by atoms with Gasteiger partial charge in [-0.1, -0.05) is 6.92 Å². The van der Waals surface area contributed by atoms with Gasteiger partial charge >= 0.3 is 6.03 Å². The zero-order valence-electron chi connectivity index (χ0n) is 11.5. The smallest absolute Gasteiger partial charge is 0.317 e. The number of hydrogen-bond acceptors (Lipinski definition) is 2. The summed E-state index contributed by atoms with van der Waals surface area (Å²) in [7, 11) is 0. The van der Waals surface area contributed by atoms with Crippen LogP contribution in [-0.4, -0.2) is 55.1 Å². The van der Waals surface area contributed by atoms with Crippen molar-refractivity contribution >= 4 is 6.03 Å². The second kappa shape index (κ2) is 7.54. The fourth-order valence-electron chi connectivity index (χ4n) is 2.23. The predicted octanol–water partition coefficient (Wildman–Crippen LogP) is 1.77. The fourth-order valence-corrected chi connectivity index (χ4v) is 2.23. The molecule has 1 heterocycles. The Hall–Kier alpha value is -0.770. The molecule has 1 aliphatic rings. The fraction of sp³-hybridized carbons (Fsp3) is 0.923. The van der Waals surface area contributed by atoms with E-state index in [2.05, 4.69) is 17.1 Å². The Morgan fingerprint density at radius 1 is 1.29 bits per heavy atom. The van der Waals surface area contributed by atoms with Crippen molar-refractivity contribution in [1.29, 1.82) is 0 Å². The van der Waals surface area contributed by atoms with E-state index in [0.717, 1.165) is 32.1 Å². The Morgan fingerprint density at radius 2 is 1.88 bits per heavy atom. The van der Waals surface area contributed by atoms with Crippen molar-refractivity contribution in [3.8, 4) is 0 Å². The number of nitrogens with one attached hydrogen (secondary N) is 1. The lowest BCUT2D eigenvalue weighted by atomic mass is 9.99. The van der Waals surface area contributed by atoms with Crippen LogP contribution in [0.4, 0.5) is 4.79 Å². The van der Waals surface area contributed by atoms with Gasteiger partial charge in [-0.2, -0.15) is 0 Å². The van der Waals surface area contributed by atoms with E-state index < -0.39 is 0 Å². The first kappa shape index (κ1) is 14.3. The van der Waals surface area contributed by atoms with E-state index in [1.54, 1.807) is 0 Å². The highest BCUT2D eigenvalue weighted by Crippen LogP contribution is 2.14. The van der Waals surface area contributed by atoms with Gasteiger partial charge in [0.2, 0.25) is 0 Å². The lowest BCUT2D eigenvalue weighted by molar-refractivity contribution is 0.183. The summed E-state index contributed by atoms with van der Waals surface area (Å²) in [6.45, 7) is 12.0. The maximum atomic E-state index is 11.7. The number of carbonyl (C=O) groups excluding carboxylic acids is 1. The van der Waals surface area contributed by atoms with Crippen molar-refractivity contribution in [3.05, 3.63) is 0 Å². The third-order valence-corrected chi connectivity index (χ3v) is 3.63. The first-order valence-electron chi connectivity index (χ1n) is 6.92. The van der Waals surface area contributed by atoms with Crippen LogP contribution in [0, 0.1) is 5.92 Å². The third-order valence-electron chi connectivity index (χ3n) is 3.63. The lowest BCUT2D eigenvalue weighted by Crippen LogP contribution is -2.44. The van der Waals surface area contributed by atoms with Gasteiger partial charge in [-0.25, -0.2) is 4.79 Å². The summed E-state index contributed by atoms with van der Waals surface area (Å²) < 4.78 is 0. The van der Waals surface area contributed by atoms with E-state index in [4.69, 9.17) is 0 Å². The van der Waals surface area contributed by atoms with Gasteiger partial charge in [-0.15, -0.1) is 0 Å². The molecule has 17 heavy (non-hydrogen) atoms. The number of hydrogen-bond donors (Lipinski definition) is 1. The normalized spacial score (nSPS) is 18.1. The van der Waals surface area contributed by atoms with Crippen LogP contribution in [0.15, 0.2) is 0 Å². The molecule has 100 valence electrons. The maximum absolute atomic E-state index is 11.7. The van der Waals surface area contributed by atoms with E-state index in [1.165, 1.54) is 25.9 Å². The van der Waals surface area contributed by atoms with Crippen LogP contribution in [0.1, 0.15) is 33.6 Å². The van der Waals surface area contributed by atoms with E-state index in [1.807, 2.05) is 18.7 Å². The number of carbonyl (C=O) groups is 1. The molecule has 0 radical (unpaired) electrons. The molecular formula is C13H27N3O. The summed E-state index contributed by atoms with van der Waals surface area (Å²) in [5.41, 5.74) is 0. The molecule has 0 aliphatic carbocycles. The number of amides is 2. The molecule has 1 aliphatic heterocycles. The van der Waals surface area contributed by atoms with Gasteiger partial charge in [0.15, 0.2) is 0 Å². The summed E-state index contributed by atoms with van der Waals surface area (Å²) in [6.07, 6.45) is 2.59. The van der Waals surface area contributed by atoms with Gasteiger partial charge in [0.05, 0.1) is 0 Å². The van der Waals surface area contributed by atoms with Gasteiger partial charge in [0.1, 0.15) is 0 Å². The summed E-state index contributed by atoms with van der Waals surface area (Å²) in [4.78, 5) is 16.0. The van der Waals surface area contributed by atoms with Crippen LogP contribution in [0.3, 0.4) is 0 Å². The molecule has 4 nitrogen and oxygen atoms in total. The average Bonchev–Trinajstić information content (AvgIpc) is 2.33. The van der Waals surface area contributed by atoms with E-state index in [9.17, 15) is 4.79 Å². The van der Waals surface area contributed by atoms with Crippen molar-refractivity contribution in [2.75, 3.05) is 39.3 Å². The van der Waals surface area contributed by atoms with Crippen LogP contribution >= 0.6 is 0 Å². The standard InChI is InChI=1S/C13H27N3O/c1-4-16(5-2)13(17)14-8-11-15-9-6-12(3)7-10-15/h12H,4-11H2,1-3H3,(H,14,17). The molecule has 0 saturated carbocycles. The van der Waals surface area contributed by atoms with Crippen molar-refractivity contribution in [2.45, 2.75) is 33.6 Å². The van der Waals surface area contributed by atoms with Crippen molar-refractivity contribution < 1.29 is 4.79 Å². The Bertz CT molecular complexity index is 221. The van der Waals surface area contributed by atoms with Crippen LogP contribution in [0.2, 0.25) is 0 Å². The zero-order chi connectivity index (χ0) is 12.7.